The Morgan fingerprint density at radius 3 is 2.64 bits per heavy atom. The van der Waals surface area contributed by atoms with Crippen molar-refractivity contribution in [1.82, 2.24) is 0 Å². The van der Waals surface area contributed by atoms with Crippen LogP contribution in [0.25, 0.3) is 0 Å². The van der Waals surface area contributed by atoms with Crippen LogP contribution in [0.1, 0.15) is 16.7 Å². The Morgan fingerprint density at radius 2 is 2.07 bits per heavy atom. The SMILES string of the molecule is COC(=O)Cc1c(C)ccc(O)c1C. The van der Waals surface area contributed by atoms with Gasteiger partial charge in [0.15, 0.2) is 0 Å². The highest BCUT2D eigenvalue weighted by Crippen LogP contribution is 2.23. The number of aryl methyl sites for hydroxylation is 1. The third-order valence-corrected chi connectivity index (χ3v) is 2.35. The van der Waals surface area contributed by atoms with Crippen LogP contribution in [0.15, 0.2) is 12.1 Å². The molecule has 0 radical (unpaired) electrons. The average Bonchev–Trinajstić information content (AvgIpc) is 2.18. The van der Waals surface area contributed by atoms with Crippen LogP contribution in [0, 0.1) is 13.8 Å². The molecule has 0 aromatic heterocycles. The lowest BCUT2D eigenvalue weighted by Crippen LogP contribution is -2.07. The van der Waals surface area contributed by atoms with E-state index < -0.39 is 0 Å². The molecular formula is C11H14O3. The summed E-state index contributed by atoms with van der Waals surface area (Å²) in [5.74, 6) is -0.0729. The third kappa shape index (κ3) is 2.05. The molecule has 0 bridgehead atoms. The predicted octanol–water partition coefficient (Wildman–Crippen LogP) is 1.72. The Kier molecular flexibility index (Phi) is 3.12. The molecule has 0 saturated heterocycles. The highest BCUT2D eigenvalue weighted by atomic mass is 16.5. The van der Waals surface area contributed by atoms with E-state index in [2.05, 4.69) is 4.74 Å². The van der Waals surface area contributed by atoms with Gasteiger partial charge in [0.05, 0.1) is 13.5 Å². The molecule has 0 aliphatic rings. The van der Waals surface area contributed by atoms with Crippen molar-refractivity contribution in [2.75, 3.05) is 7.11 Å². The van der Waals surface area contributed by atoms with Crippen LogP contribution < -0.4 is 0 Å². The summed E-state index contributed by atoms with van der Waals surface area (Å²) in [4.78, 5) is 11.1. The number of benzene rings is 1. The average molecular weight is 194 g/mol. The number of phenolic OH excluding ortho intramolecular Hbond substituents is 1. The van der Waals surface area contributed by atoms with E-state index in [4.69, 9.17) is 0 Å². The van der Waals surface area contributed by atoms with E-state index >= 15 is 0 Å². The maximum Gasteiger partial charge on any atom is 0.309 e. The summed E-state index contributed by atoms with van der Waals surface area (Å²) < 4.78 is 4.58. The first-order chi connectivity index (χ1) is 6.56. The van der Waals surface area contributed by atoms with Gasteiger partial charge in [-0.05, 0) is 36.6 Å². The highest BCUT2D eigenvalue weighted by Gasteiger charge is 2.10. The van der Waals surface area contributed by atoms with Gasteiger partial charge < -0.3 is 9.84 Å². The fraction of sp³-hybridized carbons (Fsp3) is 0.364. The molecule has 0 aliphatic heterocycles. The number of methoxy groups -OCH3 is 1. The van der Waals surface area contributed by atoms with Crippen LogP contribution in [-0.4, -0.2) is 18.2 Å². The summed E-state index contributed by atoms with van der Waals surface area (Å²) >= 11 is 0. The molecule has 14 heavy (non-hydrogen) atoms. The van der Waals surface area contributed by atoms with Gasteiger partial charge in [-0.15, -0.1) is 0 Å². The Hall–Kier alpha value is -1.51. The number of aromatic hydroxyl groups is 1. The lowest BCUT2D eigenvalue weighted by molar-refractivity contribution is -0.139. The molecule has 1 aromatic carbocycles. The zero-order valence-electron chi connectivity index (χ0n) is 8.63. The molecule has 1 N–H and O–H groups in total. The van der Waals surface area contributed by atoms with Gasteiger partial charge in [-0.1, -0.05) is 6.07 Å². The topological polar surface area (TPSA) is 46.5 Å². The van der Waals surface area contributed by atoms with Crippen LogP contribution in [0.3, 0.4) is 0 Å². The van der Waals surface area contributed by atoms with Crippen molar-refractivity contribution in [2.24, 2.45) is 0 Å². The van der Waals surface area contributed by atoms with Crippen LogP contribution in [-0.2, 0) is 16.0 Å². The minimum atomic E-state index is -0.290. The minimum absolute atomic E-state index is 0.211. The third-order valence-electron chi connectivity index (χ3n) is 2.35. The van der Waals surface area contributed by atoms with E-state index in [-0.39, 0.29) is 18.1 Å². The summed E-state index contributed by atoms with van der Waals surface area (Å²) in [6, 6.07) is 3.42. The van der Waals surface area contributed by atoms with Crippen LogP contribution in [0.2, 0.25) is 0 Å². The molecule has 0 fully saturated rings. The Bertz CT molecular complexity index is 356. The summed E-state index contributed by atoms with van der Waals surface area (Å²) in [6.45, 7) is 3.70. The molecule has 0 aliphatic carbocycles. The van der Waals surface area contributed by atoms with Gasteiger partial charge in [-0.2, -0.15) is 0 Å². The fourth-order valence-corrected chi connectivity index (χ4v) is 1.37. The fourth-order valence-electron chi connectivity index (χ4n) is 1.37. The van der Waals surface area contributed by atoms with Crippen LogP contribution in [0.5, 0.6) is 5.75 Å². The molecule has 0 heterocycles. The van der Waals surface area contributed by atoms with E-state index in [1.165, 1.54) is 7.11 Å². The number of rotatable bonds is 2. The number of esters is 1. The van der Waals surface area contributed by atoms with Gasteiger partial charge in [0, 0.05) is 0 Å². The van der Waals surface area contributed by atoms with Crippen molar-refractivity contribution in [1.29, 1.82) is 0 Å². The van der Waals surface area contributed by atoms with Gasteiger partial charge in [0.2, 0.25) is 0 Å². The molecule has 3 nitrogen and oxygen atoms in total. The van der Waals surface area contributed by atoms with E-state index in [0.29, 0.717) is 0 Å². The number of hydrogen-bond donors (Lipinski definition) is 1. The molecule has 0 unspecified atom stereocenters. The Balaban J connectivity index is 3.06. The summed E-state index contributed by atoms with van der Waals surface area (Å²) in [7, 11) is 1.36. The summed E-state index contributed by atoms with van der Waals surface area (Å²) in [5.41, 5.74) is 2.58. The lowest BCUT2D eigenvalue weighted by atomic mass is 9.99. The van der Waals surface area contributed by atoms with Crippen molar-refractivity contribution in [3.63, 3.8) is 0 Å². The normalized spacial score (nSPS) is 9.93. The zero-order chi connectivity index (χ0) is 10.7. The Labute approximate surface area is 83.3 Å². The molecule has 76 valence electrons. The van der Waals surface area contributed by atoms with Gasteiger partial charge >= 0.3 is 5.97 Å². The van der Waals surface area contributed by atoms with Gasteiger partial charge in [0.1, 0.15) is 5.75 Å². The summed E-state index contributed by atoms with van der Waals surface area (Å²) in [6.07, 6.45) is 0.211. The Morgan fingerprint density at radius 1 is 1.43 bits per heavy atom. The second kappa shape index (κ2) is 4.13. The molecule has 0 atom stereocenters. The number of phenols is 1. The smallest absolute Gasteiger partial charge is 0.309 e. The molecule has 1 rings (SSSR count). The second-order valence-electron chi connectivity index (χ2n) is 3.26. The monoisotopic (exact) mass is 194 g/mol. The maximum absolute atomic E-state index is 11.1. The maximum atomic E-state index is 11.1. The zero-order valence-corrected chi connectivity index (χ0v) is 8.63. The van der Waals surface area contributed by atoms with Crippen molar-refractivity contribution < 1.29 is 14.6 Å². The predicted molar refractivity (Wildman–Crippen MR) is 53.3 cm³/mol. The van der Waals surface area contributed by atoms with E-state index in [1.54, 1.807) is 19.1 Å². The van der Waals surface area contributed by atoms with Crippen molar-refractivity contribution in [3.8, 4) is 5.75 Å². The molecule has 3 heteroatoms. The molecule has 0 spiro atoms. The van der Waals surface area contributed by atoms with Gasteiger partial charge in [0.25, 0.3) is 0 Å². The molecule has 0 saturated carbocycles. The van der Waals surface area contributed by atoms with E-state index in [9.17, 15) is 9.90 Å². The molecular weight excluding hydrogens is 180 g/mol. The van der Waals surface area contributed by atoms with Crippen LogP contribution in [0.4, 0.5) is 0 Å². The quantitative estimate of drug-likeness (QED) is 0.729. The minimum Gasteiger partial charge on any atom is -0.508 e. The first-order valence-corrected chi connectivity index (χ1v) is 4.41. The van der Waals surface area contributed by atoms with E-state index in [1.807, 2.05) is 6.92 Å². The number of carbonyl (C=O) groups is 1. The largest absolute Gasteiger partial charge is 0.508 e. The molecule has 0 amide bonds. The second-order valence-corrected chi connectivity index (χ2v) is 3.26. The van der Waals surface area contributed by atoms with Crippen molar-refractivity contribution >= 4 is 5.97 Å². The number of hydrogen-bond acceptors (Lipinski definition) is 3. The summed E-state index contributed by atoms with van der Waals surface area (Å²) in [5, 5.41) is 9.46. The standard InChI is InChI=1S/C11H14O3/c1-7-4-5-10(12)8(2)9(7)6-11(13)14-3/h4-5,12H,6H2,1-3H3. The number of carbonyl (C=O) groups excluding carboxylic acids is 1. The van der Waals surface area contributed by atoms with Crippen molar-refractivity contribution in [2.45, 2.75) is 20.3 Å². The van der Waals surface area contributed by atoms with Crippen LogP contribution >= 0.6 is 0 Å². The van der Waals surface area contributed by atoms with Crippen molar-refractivity contribution in [3.05, 3.63) is 28.8 Å². The first kappa shape index (κ1) is 10.6. The first-order valence-electron chi connectivity index (χ1n) is 4.41. The van der Waals surface area contributed by atoms with Gasteiger partial charge in [-0.25, -0.2) is 0 Å². The number of ether oxygens (including phenoxy) is 1. The highest BCUT2D eigenvalue weighted by molar-refractivity contribution is 5.73. The van der Waals surface area contributed by atoms with Gasteiger partial charge in [-0.3, -0.25) is 4.79 Å². The van der Waals surface area contributed by atoms with E-state index in [0.717, 1.165) is 16.7 Å². The lowest BCUT2D eigenvalue weighted by Gasteiger charge is -2.09. The molecule has 1 aromatic rings.